The summed E-state index contributed by atoms with van der Waals surface area (Å²) in [4.78, 5) is 4.10. The SMILES string of the molecule is Oc1ccc(COBr)c2cccnc12. The summed E-state index contributed by atoms with van der Waals surface area (Å²) in [6.45, 7) is 0.447. The minimum atomic E-state index is 0.193. The molecule has 2 aromatic rings. The number of pyridine rings is 1. The maximum absolute atomic E-state index is 9.55. The molecule has 2 rings (SSSR count). The Hall–Kier alpha value is -1.13. The molecule has 0 atom stereocenters. The van der Waals surface area contributed by atoms with Crippen LogP contribution >= 0.6 is 16.3 Å². The Morgan fingerprint density at radius 1 is 1.36 bits per heavy atom. The summed E-state index contributed by atoms with van der Waals surface area (Å²) < 4.78 is 4.88. The second-order valence-electron chi connectivity index (χ2n) is 2.90. The molecule has 0 aliphatic carbocycles. The van der Waals surface area contributed by atoms with Gasteiger partial charge in [0, 0.05) is 11.6 Å². The Labute approximate surface area is 89.8 Å². The van der Waals surface area contributed by atoms with Crippen LogP contribution in [0.1, 0.15) is 5.56 Å². The molecule has 0 saturated heterocycles. The molecule has 72 valence electrons. The van der Waals surface area contributed by atoms with Crippen molar-refractivity contribution in [1.82, 2.24) is 4.98 Å². The number of nitrogens with zero attached hydrogens (tertiary/aromatic N) is 1. The molecule has 14 heavy (non-hydrogen) atoms. The summed E-state index contributed by atoms with van der Waals surface area (Å²) in [7, 11) is 0. The van der Waals surface area contributed by atoms with E-state index in [1.165, 1.54) is 0 Å². The lowest BCUT2D eigenvalue weighted by atomic mass is 10.1. The highest BCUT2D eigenvalue weighted by Crippen LogP contribution is 2.25. The number of halogens is 1. The van der Waals surface area contributed by atoms with Gasteiger partial charge in [0.1, 0.15) is 11.3 Å². The van der Waals surface area contributed by atoms with Crippen LogP contribution in [0.15, 0.2) is 30.5 Å². The Kier molecular flexibility index (Phi) is 2.65. The van der Waals surface area contributed by atoms with Crippen molar-refractivity contribution in [3.63, 3.8) is 0 Å². The molecular weight excluding hydrogens is 246 g/mol. The van der Waals surface area contributed by atoms with Crippen LogP contribution < -0.4 is 0 Å². The lowest BCUT2D eigenvalue weighted by molar-refractivity contribution is 0.389. The minimum absolute atomic E-state index is 0.193. The summed E-state index contributed by atoms with van der Waals surface area (Å²) in [5, 5.41) is 10.5. The van der Waals surface area contributed by atoms with Gasteiger partial charge >= 0.3 is 0 Å². The second kappa shape index (κ2) is 3.94. The molecule has 0 spiro atoms. The number of rotatable bonds is 2. The monoisotopic (exact) mass is 253 g/mol. The minimum Gasteiger partial charge on any atom is -0.506 e. The molecule has 3 nitrogen and oxygen atoms in total. The quantitative estimate of drug-likeness (QED) is 0.895. The molecule has 0 aliphatic rings. The Morgan fingerprint density at radius 3 is 3.00 bits per heavy atom. The summed E-state index contributed by atoms with van der Waals surface area (Å²) >= 11 is 2.91. The van der Waals surface area contributed by atoms with Crippen molar-refractivity contribution < 1.29 is 8.93 Å². The number of phenols is 1. The number of hydrogen-bond donors (Lipinski definition) is 1. The fraction of sp³-hybridized carbons (Fsp3) is 0.100. The van der Waals surface area contributed by atoms with Crippen LogP contribution in [-0.4, -0.2) is 10.1 Å². The van der Waals surface area contributed by atoms with Crippen molar-refractivity contribution in [1.29, 1.82) is 0 Å². The van der Waals surface area contributed by atoms with E-state index in [-0.39, 0.29) is 5.75 Å². The summed E-state index contributed by atoms with van der Waals surface area (Å²) in [6.07, 6.45) is 1.65. The molecule has 0 fully saturated rings. The van der Waals surface area contributed by atoms with Crippen molar-refractivity contribution in [2.75, 3.05) is 0 Å². The van der Waals surface area contributed by atoms with Crippen molar-refractivity contribution in [2.24, 2.45) is 0 Å². The number of benzene rings is 1. The van der Waals surface area contributed by atoms with Gasteiger partial charge in [-0.25, -0.2) is 0 Å². The van der Waals surface area contributed by atoms with Crippen LogP contribution in [0.5, 0.6) is 5.75 Å². The molecular formula is C10H8BrNO2. The molecule has 1 N–H and O–H groups in total. The fourth-order valence-corrected chi connectivity index (χ4v) is 1.65. The molecule has 0 radical (unpaired) electrons. The second-order valence-corrected chi connectivity index (χ2v) is 3.35. The van der Waals surface area contributed by atoms with Gasteiger partial charge in [0.2, 0.25) is 0 Å². The third-order valence-electron chi connectivity index (χ3n) is 2.05. The van der Waals surface area contributed by atoms with E-state index < -0.39 is 0 Å². The van der Waals surface area contributed by atoms with E-state index in [1.54, 1.807) is 12.3 Å². The van der Waals surface area contributed by atoms with E-state index >= 15 is 0 Å². The number of aromatic nitrogens is 1. The molecule has 0 unspecified atom stereocenters. The predicted molar refractivity (Wildman–Crippen MR) is 57.1 cm³/mol. The van der Waals surface area contributed by atoms with Crippen molar-refractivity contribution in [3.05, 3.63) is 36.0 Å². The van der Waals surface area contributed by atoms with E-state index in [4.69, 9.17) is 3.83 Å². The molecule has 0 bridgehead atoms. The van der Waals surface area contributed by atoms with E-state index in [1.807, 2.05) is 18.2 Å². The molecule has 0 aliphatic heterocycles. The normalized spacial score (nSPS) is 10.6. The van der Waals surface area contributed by atoms with Gasteiger partial charge in [-0.1, -0.05) is 12.1 Å². The molecule has 1 heterocycles. The van der Waals surface area contributed by atoms with Gasteiger partial charge in [-0.3, -0.25) is 4.98 Å². The Balaban J connectivity index is 2.68. The first-order valence-corrected chi connectivity index (χ1v) is 4.77. The third kappa shape index (κ3) is 1.58. The number of aromatic hydroxyl groups is 1. The first kappa shape index (κ1) is 9.43. The van der Waals surface area contributed by atoms with Gasteiger partial charge < -0.3 is 8.93 Å². The first-order valence-electron chi connectivity index (χ1n) is 4.12. The number of hydrogen-bond acceptors (Lipinski definition) is 3. The molecule has 0 amide bonds. The van der Waals surface area contributed by atoms with Gasteiger partial charge in [-0.2, -0.15) is 0 Å². The fourth-order valence-electron chi connectivity index (χ4n) is 1.40. The Bertz CT molecular complexity index is 459. The standard InChI is InChI=1S/C10H8BrNO2/c11-14-6-7-3-4-9(13)10-8(7)2-1-5-12-10/h1-5,13H,6H2. The van der Waals surface area contributed by atoms with Crippen LogP contribution in [0, 0.1) is 0 Å². The van der Waals surface area contributed by atoms with Crippen molar-refractivity contribution in [2.45, 2.75) is 6.61 Å². The van der Waals surface area contributed by atoms with E-state index in [2.05, 4.69) is 21.2 Å². The van der Waals surface area contributed by atoms with Crippen molar-refractivity contribution in [3.8, 4) is 5.75 Å². The smallest absolute Gasteiger partial charge is 0.141 e. The lowest BCUT2D eigenvalue weighted by Crippen LogP contribution is -1.88. The zero-order chi connectivity index (χ0) is 9.97. The summed E-state index contributed by atoms with van der Waals surface area (Å²) in [5.74, 6) is 0.193. The van der Waals surface area contributed by atoms with E-state index in [0.29, 0.717) is 12.1 Å². The van der Waals surface area contributed by atoms with Gasteiger partial charge in [-0.15, -0.1) is 0 Å². The van der Waals surface area contributed by atoms with E-state index in [9.17, 15) is 5.11 Å². The number of phenolic OH excluding ortho intramolecular Hbond substituents is 1. The maximum atomic E-state index is 9.55. The molecule has 1 aromatic carbocycles. The summed E-state index contributed by atoms with van der Waals surface area (Å²) in [6, 6.07) is 7.18. The van der Waals surface area contributed by atoms with Crippen LogP contribution in [-0.2, 0) is 10.4 Å². The lowest BCUT2D eigenvalue weighted by Gasteiger charge is -2.05. The van der Waals surface area contributed by atoms with E-state index in [0.717, 1.165) is 10.9 Å². The van der Waals surface area contributed by atoms with Gasteiger partial charge in [0.15, 0.2) is 0 Å². The van der Waals surface area contributed by atoms with Gasteiger partial charge in [0.05, 0.1) is 22.9 Å². The zero-order valence-electron chi connectivity index (χ0n) is 7.27. The first-order chi connectivity index (χ1) is 6.83. The van der Waals surface area contributed by atoms with Gasteiger partial charge in [0.25, 0.3) is 0 Å². The third-order valence-corrected chi connectivity index (χ3v) is 2.28. The predicted octanol–water partition coefficient (Wildman–Crippen LogP) is 2.77. The average molecular weight is 254 g/mol. The highest BCUT2D eigenvalue weighted by molar-refractivity contribution is 9.06. The highest BCUT2D eigenvalue weighted by atomic mass is 79.9. The topological polar surface area (TPSA) is 42.4 Å². The van der Waals surface area contributed by atoms with Crippen molar-refractivity contribution >= 4 is 27.2 Å². The zero-order valence-corrected chi connectivity index (χ0v) is 8.86. The Morgan fingerprint density at radius 2 is 2.21 bits per heavy atom. The highest BCUT2D eigenvalue weighted by Gasteiger charge is 2.05. The molecule has 0 saturated carbocycles. The largest absolute Gasteiger partial charge is 0.506 e. The molecule has 1 aromatic heterocycles. The van der Waals surface area contributed by atoms with Gasteiger partial charge in [-0.05, 0) is 17.7 Å². The van der Waals surface area contributed by atoms with Crippen LogP contribution in [0.2, 0.25) is 0 Å². The average Bonchev–Trinajstić information content (AvgIpc) is 2.23. The summed E-state index contributed by atoms with van der Waals surface area (Å²) in [5.41, 5.74) is 1.59. The van der Waals surface area contributed by atoms with Crippen LogP contribution in [0.4, 0.5) is 0 Å². The van der Waals surface area contributed by atoms with Crippen LogP contribution in [0.25, 0.3) is 10.9 Å². The molecule has 4 heteroatoms. The maximum Gasteiger partial charge on any atom is 0.141 e. The number of fused-ring (bicyclic) bond motifs is 1. The van der Waals surface area contributed by atoms with Crippen LogP contribution in [0.3, 0.4) is 0 Å².